The summed E-state index contributed by atoms with van der Waals surface area (Å²) >= 11 is 0. The Morgan fingerprint density at radius 2 is 1.82 bits per heavy atom. The molecule has 2 heterocycles. The van der Waals surface area contributed by atoms with Crippen molar-refractivity contribution in [3.8, 4) is 11.4 Å². The minimum Gasteiger partial charge on any atom is -0.491 e. The van der Waals surface area contributed by atoms with Gasteiger partial charge in [0.1, 0.15) is 11.6 Å². The molecule has 0 spiro atoms. The van der Waals surface area contributed by atoms with Crippen molar-refractivity contribution >= 4 is 22.5 Å². The fourth-order valence-electron chi connectivity index (χ4n) is 3.15. The fourth-order valence-corrected chi connectivity index (χ4v) is 4.41. The Morgan fingerprint density at radius 3 is 2.50 bits per heavy atom. The molecule has 0 fully saturated rings. The third kappa shape index (κ3) is 3.71. The van der Waals surface area contributed by atoms with E-state index < -0.39 is 10.8 Å². The third-order valence-corrected chi connectivity index (χ3v) is 5.60. The molecule has 7 heteroatoms. The number of hydrogen-bond donors (Lipinski definition) is 1. The zero-order chi connectivity index (χ0) is 19.7. The molecule has 0 aliphatic carbocycles. The van der Waals surface area contributed by atoms with Crippen molar-refractivity contribution in [3.05, 3.63) is 71.4 Å². The number of carbonyl (C=O) groups excluding carboxylic acids is 1. The maximum absolute atomic E-state index is 12.8. The molecule has 3 aromatic rings. The summed E-state index contributed by atoms with van der Waals surface area (Å²) in [4.78, 5) is 12.8. The van der Waals surface area contributed by atoms with Gasteiger partial charge in [0.2, 0.25) is 0 Å². The molecule has 0 saturated carbocycles. The number of amides is 1. The monoisotopic (exact) mass is 395 g/mol. The highest BCUT2D eigenvalue weighted by atomic mass is 32.2. The lowest BCUT2D eigenvalue weighted by Gasteiger charge is -2.12. The minimum absolute atomic E-state index is 0.0726. The predicted molar refractivity (Wildman–Crippen MR) is 109 cm³/mol. The van der Waals surface area contributed by atoms with Crippen molar-refractivity contribution in [2.45, 2.75) is 31.5 Å². The second-order valence-corrected chi connectivity index (χ2v) is 8.35. The van der Waals surface area contributed by atoms with E-state index in [4.69, 9.17) is 4.74 Å². The number of nitrogens with zero attached hydrogens (tertiary/aromatic N) is 2. The zero-order valence-electron chi connectivity index (χ0n) is 15.7. The van der Waals surface area contributed by atoms with Crippen LogP contribution in [0.2, 0.25) is 0 Å². The first kappa shape index (κ1) is 18.4. The number of aromatic nitrogens is 2. The van der Waals surface area contributed by atoms with Gasteiger partial charge in [0.15, 0.2) is 0 Å². The van der Waals surface area contributed by atoms with Crippen LogP contribution in [0.15, 0.2) is 54.6 Å². The maximum atomic E-state index is 12.8. The normalized spacial score (nSPS) is 15.5. The number of rotatable bonds is 5. The first-order valence-electron chi connectivity index (χ1n) is 9.10. The van der Waals surface area contributed by atoms with Crippen LogP contribution in [-0.4, -0.2) is 26.0 Å². The second kappa shape index (κ2) is 7.59. The molecule has 1 aromatic heterocycles. The van der Waals surface area contributed by atoms with Gasteiger partial charge in [-0.15, -0.1) is 0 Å². The first-order chi connectivity index (χ1) is 13.5. The number of benzene rings is 2. The van der Waals surface area contributed by atoms with Gasteiger partial charge in [-0.1, -0.05) is 18.2 Å². The van der Waals surface area contributed by atoms with Crippen LogP contribution in [0.25, 0.3) is 5.69 Å². The lowest BCUT2D eigenvalue weighted by molar-refractivity contribution is 0.102. The highest BCUT2D eigenvalue weighted by Crippen LogP contribution is 2.31. The van der Waals surface area contributed by atoms with E-state index in [1.165, 1.54) is 0 Å². The van der Waals surface area contributed by atoms with Crippen molar-refractivity contribution in [2.75, 3.05) is 5.32 Å². The molecule has 28 heavy (non-hydrogen) atoms. The number of anilines is 1. The van der Waals surface area contributed by atoms with Crippen molar-refractivity contribution in [2.24, 2.45) is 0 Å². The van der Waals surface area contributed by atoms with Crippen LogP contribution in [0.5, 0.6) is 5.75 Å². The van der Waals surface area contributed by atoms with Crippen LogP contribution in [-0.2, 0) is 22.3 Å². The fraction of sp³-hybridized carbons (Fsp3) is 0.238. The summed E-state index contributed by atoms with van der Waals surface area (Å²) in [5.74, 6) is 1.88. The summed E-state index contributed by atoms with van der Waals surface area (Å²) in [6.07, 6.45) is 0.0726. The van der Waals surface area contributed by atoms with Crippen LogP contribution in [0.4, 0.5) is 5.82 Å². The van der Waals surface area contributed by atoms with Gasteiger partial charge in [-0.05, 0) is 50.2 Å². The summed E-state index contributed by atoms with van der Waals surface area (Å²) in [5, 5.41) is 7.57. The highest BCUT2D eigenvalue weighted by molar-refractivity contribution is 7.83. The zero-order valence-corrected chi connectivity index (χ0v) is 16.5. The van der Waals surface area contributed by atoms with Gasteiger partial charge < -0.3 is 10.1 Å². The average molecular weight is 395 g/mol. The molecule has 1 N–H and O–H groups in total. The number of hydrogen-bond acceptors (Lipinski definition) is 4. The maximum Gasteiger partial charge on any atom is 0.256 e. The lowest BCUT2D eigenvalue weighted by Crippen LogP contribution is -2.16. The number of fused-ring (bicyclic) bond motifs is 1. The van der Waals surface area contributed by atoms with Crippen molar-refractivity contribution < 1.29 is 13.7 Å². The van der Waals surface area contributed by atoms with Crippen LogP contribution in [0, 0.1) is 0 Å². The van der Waals surface area contributed by atoms with E-state index in [1.807, 2.05) is 44.2 Å². The van der Waals surface area contributed by atoms with Gasteiger partial charge in [0, 0.05) is 21.9 Å². The summed E-state index contributed by atoms with van der Waals surface area (Å²) in [6, 6.07) is 16.6. The van der Waals surface area contributed by atoms with Crippen molar-refractivity contribution in [1.29, 1.82) is 0 Å². The molecular formula is C21H21N3O3S. The molecule has 1 aliphatic heterocycles. The van der Waals surface area contributed by atoms with Crippen molar-refractivity contribution in [3.63, 3.8) is 0 Å². The van der Waals surface area contributed by atoms with Gasteiger partial charge >= 0.3 is 0 Å². The molecular weight excluding hydrogens is 374 g/mol. The number of carbonyl (C=O) groups is 1. The quantitative estimate of drug-likeness (QED) is 0.715. The molecule has 144 valence electrons. The van der Waals surface area contributed by atoms with E-state index in [1.54, 1.807) is 28.9 Å². The largest absolute Gasteiger partial charge is 0.491 e. The van der Waals surface area contributed by atoms with E-state index in [9.17, 15) is 9.00 Å². The first-order valence-corrected chi connectivity index (χ1v) is 10.6. The number of nitrogens with one attached hydrogen (secondary N) is 1. The smallest absolute Gasteiger partial charge is 0.256 e. The van der Waals surface area contributed by atoms with Gasteiger partial charge in [0.25, 0.3) is 5.91 Å². The van der Waals surface area contributed by atoms with Gasteiger partial charge in [-0.3, -0.25) is 9.00 Å². The summed E-state index contributed by atoms with van der Waals surface area (Å²) in [5.41, 5.74) is 2.98. The number of ether oxygens (including phenoxy) is 1. The molecule has 0 saturated heterocycles. The molecule has 1 aliphatic rings. The molecule has 1 atom stereocenters. The average Bonchev–Trinajstić information content (AvgIpc) is 3.19. The predicted octanol–water partition coefficient (Wildman–Crippen LogP) is 3.67. The molecule has 0 radical (unpaired) electrons. The van der Waals surface area contributed by atoms with Gasteiger partial charge in [-0.25, -0.2) is 4.68 Å². The Morgan fingerprint density at radius 1 is 1.11 bits per heavy atom. The van der Waals surface area contributed by atoms with Crippen LogP contribution in [0.1, 0.15) is 35.5 Å². The van der Waals surface area contributed by atoms with E-state index in [2.05, 4.69) is 10.4 Å². The highest BCUT2D eigenvalue weighted by Gasteiger charge is 2.28. The van der Waals surface area contributed by atoms with E-state index in [0.29, 0.717) is 22.9 Å². The molecule has 0 unspecified atom stereocenters. The molecule has 0 bridgehead atoms. The lowest BCUT2D eigenvalue weighted by atomic mass is 10.2. The van der Waals surface area contributed by atoms with E-state index in [-0.39, 0.29) is 12.0 Å². The van der Waals surface area contributed by atoms with E-state index in [0.717, 1.165) is 22.7 Å². The van der Waals surface area contributed by atoms with Gasteiger partial charge in [-0.2, -0.15) is 5.10 Å². The molecule has 4 rings (SSSR count). The van der Waals surface area contributed by atoms with Gasteiger partial charge in [0.05, 0.1) is 29.0 Å². The van der Waals surface area contributed by atoms with Crippen LogP contribution >= 0.6 is 0 Å². The van der Waals surface area contributed by atoms with Crippen LogP contribution in [0.3, 0.4) is 0 Å². The Balaban J connectivity index is 1.64. The standard InChI is InChI=1S/C21H21N3O3S/c1-14(2)27-17-10-8-15(9-11-17)21(25)22-20-18-12-28(26)13-19(18)23-24(20)16-6-4-3-5-7-16/h3-11,14H,12-13H2,1-2H3,(H,22,25)/t28-/m1/s1. The van der Waals surface area contributed by atoms with Crippen LogP contribution < -0.4 is 10.1 Å². The van der Waals surface area contributed by atoms with Crippen molar-refractivity contribution in [1.82, 2.24) is 9.78 Å². The Labute approximate surface area is 166 Å². The number of para-hydroxylation sites is 1. The molecule has 1 amide bonds. The third-order valence-electron chi connectivity index (χ3n) is 4.39. The Kier molecular flexibility index (Phi) is 5.00. The summed E-state index contributed by atoms with van der Waals surface area (Å²) in [7, 11) is -0.975. The Bertz CT molecular complexity index is 1030. The van der Waals surface area contributed by atoms with E-state index >= 15 is 0 Å². The Hall–Kier alpha value is -2.93. The minimum atomic E-state index is -0.975. The second-order valence-electron chi connectivity index (χ2n) is 6.89. The summed E-state index contributed by atoms with van der Waals surface area (Å²) in [6.45, 7) is 3.91. The topological polar surface area (TPSA) is 73.2 Å². The molecule has 6 nitrogen and oxygen atoms in total. The summed E-state index contributed by atoms with van der Waals surface area (Å²) < 4.78 is 19.3. The molecule has 2 aromatic carbocycles. The SMILES string of the molecule is CC(C)Oc1ccc(C(=O)Nc2c3c(nn2-c2ccccc2)C[S@](=O)C3)cc1.